The molecular formula is C26H30Cl2N6O4. The molecule has 1 aromatic carbocycles. The molecule has 0 aliphatic carbocycles. The lowest BCUT2D eigenvalue weighted by molar-refractivity contribution is -0.117. The Hall–Kier alpha value is -3.34. The Morgan fingerprint density at radius 1 is 1.21 bits per heavy atom. The maximum atomic E-state index is 14.0. The van der Waals surface area contributed by atoms with Gasteiger partial charge in [0, 0.05) is 62.0 Å². The topological polar surface area (TPSA) is 111 Å². The Bertz CT molecular complexity index is 1400. The molecule has 1 aliphatic heterocycles. The number of halogens is 2. The number of pyridine rings is 1. The Balaban J connectivity index is 1.79. The van der Waals surface area contributed by atoms with Gasteiger partial charge in [0.2, 0.25) is 11.9 Å². The van der Waals surface area contributed by atoms with Crippen LogP contribution in [0.3, 0.4) is 0 Å². The number of benzene rings is 1. The maximum Gasteiger partial charge on any atom is 0.260 e. The zero-order chi connectivity index (χ0) is 27.4. The molecule has 0 radical (unpaired) electrons. The van der Waals surface area contributed by atoms with Crippen molar-refractivity contribution in [2.24, 2.45) is 0 Å². The zero-order valence-electron chi connectivity index (χ0n) is 21.5. The lowest BCUT2D eigenvalue weighted by Gasteiger charge is -2.20. The third-order valence-corrected chi connectivity index (χ3v) is 7.20. The molecule has 10 nitrogen and oxygen atoms in total. The molecule has 3 aromatic rings. The van der Waals surface area contributed by atoms with Crippen molar-refractivity contribution in [1.29, 1.82) is 0 Å². The molecule has 202 valence electrons. The van der Waals surface area contributed by atoms with Crippen molar-refractivity contribution >= 4 is 46.1 Å². The molecule has 1 amide bonds. The van der Waals surface area contributed by atoms with Crippen molar-refractivity contribution in [3.63, 3.8) is 0 Å². The minimum atomic E-state index is -0.312. The number of fused-ring (bicyclic) bond motifs is 1. The normalized spacial score (nSPS) is 15.4. The Morgan fingerprint density at radius 2 is 1.92 bits per heavy atom. The first-order valence-corrected chi connectivity index (χ1v) is 13.0. The van der Waals surface area contributed by atoms with Gasteiger partial charge in [-0.1, -0.05) is 29.8 Å². The summed E-state index contributed by atoms with van der Waals surface area (Å²) in [7, 11) is 2.96. The van der Waals surface area contributed by atoms with E-state index in [1.54, 1.807) is 22.9 Å². The van der Waals surface area contributed by atoms with Crippen LogP contribution in [0.15, 0.2) is 35.8 Å². The van der Waals surface area contributed by atoms with E-state index in [0.717, 1.165) is 13.0 Å². The summed E-state index contributed by atoms with van der Waals surface area (Å²) >= 11 is 13.3. The molecule has 0 spiro atoms. The number of nitrogens with one attached hydrogen (secondary N) is 2. The van der Waals surface area contributed by atoms with Gasteiger partial charge in [0.1, 0.15) is 17.1 Å². The van der Waals surface area contributed by atoms with Crippen molar-refractivity contribution in [1.82, 2.24) is 24.8 Å². The van der Waals surface area contributed by atoms with Gasteiger partial charge < -0.3 is 20.1 Å². The van der Waals surface area contributed by atoms with Gasteiger partial charge in [-0.2, -0.15) is 4.98 Å². The van der Waals surface area contributed by atoms with Crippen LogP contribution in [0, 0.1) is 0 Å². The van der Waals surface area contributed by atoms with Gasteiger partial charge in [-0.05, 0) is 25.5 Å². The van der Waals surface area contributed by atoms with Gasteiger partial charge >= 0.3 is 0 Å². The van der Waals surface area contributed by atoms with Gasteiger partial charge in [-0.15, -0.1) is 0 Å². The third-order valence-electron chi connectivity index (χ3n) is 6.45. The Labute approximate surface area is 230 Å². The van der Waals surface area contributed by atoms with E-state index >= 15 is 0 Å². The van der Waals surface area contributed by atoms with E-state index in [-0.39, 0.29) is 33.1 Å². The summed E-state index contributed by atoms with van der Waals surface area (Å²) < 4.78 is 12.4. The predicted molar refractivity (Wildman–Crippen MR) is 150 cm³/mol. The molecule has 3 heterocycles. The number of aromatic nitrogens is 3. The molecule has 38 heavy (non-hydrogen) atoms. The van der Waals surface area contributed by atoms with Gasteiger partial charge in [0.15, 0.2) is 0 Å². The van der Waals surface area contributed by atoms with E-state index in [0.29, 0.717) is 60.2 Å². The minimum Gasteiger partial charge on any atom is -0.495 e. The number of likely N-dealkylation sites (tertiary alicyclic amines) is 1. The maximum absolute atomic E-state index is 14.0. The summed E-state index contributed by atoms with van der Waals surface area (Å²) in [4.78, 5) is 36.9. The fourth-order valence-corrected chi connectivity index (χ4v) is 5.27. The van der Waals surface area contributed by atoms with Gasteiger partial charge in [-0.25, -0.2) is 4.98 Å². The summed E-state index contributed by atoms with van der Waals surface area (Å²) in [5, 5.41) is 7.08. The molecular weight excluding hydrogens is 531 g/mol. The highest BCUT2D eigenvalue weighted by molar-refractivity contribution is 6.41. The number of methoxy groups -OCH3 is 2. The molecule has 0 bridgehead atoms. The Morgan fingerprint density at radius 3 is 2.55 bits per heavy atom. The fourth-order valence-electron chi connectivity index (χ4n) is 4.57. The van der Waals surface area contributed by atoms with Crippen LogP contribution in [0.1, 0.15) is 13.3 Å². The third kappa shape index (κ3) is 5.57. The van der Waals surface area contributed by atoms with E-state index in [4.69, 9.17) is 32.7 Å². The van der Waals surface area contributed by atoms with Crippen molar-refractivity contribution in [3.8, 4) is 22.6 Å². The molecule has 1 fully saturated rings. The average Bonchev–Trinajstić information content (AvgIpc) is 3.36. The molecule has 0 unspecified atom stereocenters. The van der Waals surface area contributed by atoms with Crippen molar-refractivity contribution in [3.05, 3.63) is 51.4 Å². The first-order valence-electron chi connectivity index (χ1n) is 12.2. The first kappa shape index (κ1) is 27.7. The quantitative estimate of drug-likeness (QED) is 0.362. The molecule has 12 heteroatoms. The van der Waals surface area contributed by atoms with Gasteiger partial charge in [-0.3, -0.25) is 19.1 Å². The van der Waals surface area contributed by atoms with E-state index < -0.39 is 0 Å². The van der Waals surface area contributed by atoms with Crippen LogP contribution in [0.2, 0.25) is 10.0 Å². The van der Waals surface area contributed by atoms with E-state index in [2.05, 4.69) is 32.1 Å². The van der Waals surface area contributed by atoms with E-state index in [1.165, 1.54) is 20.3 Å². The lowest BCUT2D eigenvalue weighted by Crippen LogP contribution is -2.37. The number of carbonyl (C=O) groups excluding carboxylic acids is 1. The number of anilines is 1. The van der Waals surface area contributed by atoms with Gasteiger partial charge in [0.05, 0.1) is 29.8 Å². The number of hydrogen-bond acceptors (Lipinski definition) is 8. The summed E-state index contributed by atoms with van der Waals surface area (Å²) in [6, 6.07) is 3.30. The predicted octanol–water partition coefficient (Wildman–Crippen LogP) is 3.59. The number of ether oxygens (including phenoxy) is 2. The van der Waals surface area contributed by atoms with Crippen LogP contribution in [-0.2, 0) is 11.3 Å². The fraction of sp³-hybridized carbons (Fsp3) is 0.385. The minimum absolute atomic E-state index is 0.0323. The molecule has 2 aromatic heterocycles. The van der Waals surface area contributed by atoms with Crippen molar-refractivity contribution < 1.29 is 14.3 Å². The zero-order valence-corrected chi connectivity index (χ0v) is 23.0. The number of nitrogens with zero attached hydrogens (tertiary/aromatic N) is 4. The molecule has 4 rings (SSSR count). The SMILES string of the molecule is C=CC(=O)N[C@@H]1CCN(CCn2c(=O)c(-c3c(Cl)c(OC)cc(OC)c3Cl)cc3cnc(NCC)nc32)C1. The number of amides is 1. The van der Waals surface area contributed by atoms with E-state index in [1.807, 2.05) is 6.92 Å². The van der Waals surface area contributed by atoms with Crippen LogP contribution in [0.25, 0.3) is 22.2 Å². The highest BCUT2D eigenvalue weighted by atomic mass is 35.5. The molecule has 1 aliphatic rings. The van der Waals surface area contributed by atoms with Crippen molar-refractivity contribution in [2.75, 3.05) is 45.7 Å². The van der Waals surface area contributed by atoms with Gasteiger partial charge in [0.25, 0.3) is 5.56 Å². The van der Waals surface area contributed by atoms with Crippen LogP contribution in [0.5, 0.6) is 11.5 Å². The second-order valence-corrected chi connectivity index (χ2v) is 9.56. The average molecular weight is 561 g/mol. The van der Waals surface area contributed by atoms with Crippen LogP contribution in [-0.4, -0.2) is 71.8 Å². The molecule has 1 saturated heterocycles. The van der Waals surface area contributed by atoms with Crippen LogP contribution < -0.4 is 25.7 Å². The summed E-state index contributed by atoms with van der Waals surface area (Å²) in [5.41, 5.74) is 0.771. The largest absolute Gasteiger partial charge is 0.495 e. The van der Waals surface area contributed by atoms with E-state index in [9.17, 15) is 9.59 Å². The van der Waals surface area contributed by atoms with Crippen LogP contribution in [0.4, 0.5) is 5.95 Å². The highest BCUT2D eigenvalue weighted by Crippen LogP contribution is 2.45. The smallest absolute Gasteiger partial charge is 0.260 e. The first-order chi connectivity index (χ1) is 18.3. The monoisotopic (exact) mass is 560 g/mol. The highest BCUT2D eigenvalue weighted by Gasteiger charge is 2.25. The number of rotatable bonds is 10. The second-order valence-electron chi connectivity index (χ2n) is 8.80. The second kappa shape index (κ2) is 12.0. The number of hydrogen-bond donors (Lipinski definition) is 2. The van der Waals surface area contributed by atoms with Crippen LogP contribution >= 0.6 is 23.2 Å². The molecule has 1 atom stereocenters. The summed E-state index contributed by atoms with van der Waals surface area (Å²) in [6.07, 6.45) is 3.75. The summed E-state index contributed by atoms with van der Waals surface area (Å²) in [5.74, 6) is 0.894. The lowest BCUT2D eigenvalue weighted by atomic mass is 10.0. The molecule has 0 saturated carbocycles. The number of carbonyl (C=O) groups is 1. The standard InChI is InChI=1S/C26H30Cl2N6O4/c1-5-20(35)31-16-7-8-33(14-16)9-10-34-24-15(13-30-26(32-24)29-6-2)11-17(25(34)36)21-22(27)18(37-3)12-19(38-4)23(21)28/h5,11-13,16H,1,6-10,14H2,2-4H3,(H,31,35)(H,29,30,32)/t16-/m1/s1. The summed E-state index contributed by atoms with van der Waals surface area (Å²) in [6.45, 7) is 8.47. The Kier molecular flexibility index (Phi) is 8.76. The molecule has 2 N–H and O–H groups in total. The van der Waals surface area contributed by atoms with Crippen molar-refractivity contribution in [2.45, 2.75) is 25.9 Å².